The number of phosphoric ester groups is 2. The molecule has 0 aromatic rings. The van der Waals surface area contributed by atoms with Crippen LogP contribution < -0.4 is 0 Å². The Morgan fingerprint density at radius 3 is 0.712 bits per heavy atom. The number of allylic oxidation sites excluding steroid dienone is 32. The quantitative estimate of drug-likeness (QED) is 0.0146. The molecule has 0 saturated carbocycles. The molecule has 111 heavy (non-hydrogen) atoms. The number of carbonyl (C=O) groups excluding carboxylic acids is 3. The van der Waals surface area contributed by atoms with Gasteiger partial charge in [0, 0.05) is 19.3 Å². The van der Waals surface area contributed by atoms with Gasteiger partial charge in [-0.05, 0) is 161 Å². The molecule has 630 valence electrons. The topological polar surface area (TPSA) is 231 Å². The minimum Gasteiger partial charge on any atom is -0.463 e. The molecule has 18 heteroatoms. The molecule has 0 heterocycles. The van der Waals surface area contributed by atoms with Crippen molar-refractivity contribution in [2.45, 2.75) is 334 Å². The number of ether oxygens (including phenoxy) is 3. The summed E-state index contributed by atoms with van der Waals surface area (Å²) in [6, 6.07) is 0. The van der Waals surface area contributed by atoms with Crippen LogP contribution >= 0.6 is 15.6 Å². The van der Waals surface area contributed by atoms with Gasteiger partial charge >= 0.3 is 33.6 Å². The Labute approximate surface area is 674 Å². The Morgan fingerprint density at radius 2 is 0.450 bits per heavy atom. The molecule has 0 aromatic carbocycles. The average Bonchev–Trinajstić information content (AvgIpc) is 0.897. The second-order valence-electron chi connectivity index (χ2n) is 27.8. The first-order chi connectivity index (χ1) is 54.2. The van der Waals surface area contributed by atoms with Gasteiger partial charge in [-0.25, -0.2) is 9.13 Å². The van der Waals surface area contributed by atoms with Crippen LogP contribution in [0.5, 0.6) is 0 Å². The molecular weight excluding hydrogens is 1430 g/mol. The smallest absolute Gasteiger partial charge is 0.463 e. The summed E-state index contributed by atoms with van der Waals surface area (Å²) in [4.78, 5) is 58.9. The monoisotopic (exact) mass is 1590 g/mol. The van der Waals surface area contributed by atoms with Gasteiger partial charge in [0.15, 0.2) is 6.10 Å². The van der Waals surface area contributed by atoms with Gasteiger partial charge in [-0.3, -0.25) is 32.5 Å². The standard InChI is InChI=1S/C93H152O16P2/c1-4-7-10-13-16-19-22-25-28-31-34-37-40-42-43-45-48-49-52-55-58-61-64-67-70-73-76-79-91(96)103-82-88(94)83-105-110(99,100)106-84-89(95)85-107-111(101,102)108-87-90(109-93(98)81-78-75-72-69-66-63-60-57-54-51-46-39-36-33-30-27-24-21-18-15-12-9-6-3)86-104-92(97)80-77-74-71-68-65-62-59-56-53-50-47-44-41-38-35-32-29-26-23-20-17-14-11-8-5-2/h7-12,16-21,25-30,34-39,42-44,47-49,51,54,88-90,94-95H,4-6,13-15,22-24,31-33,40-41,45-46,50,52-53,55-87H2,1-3H3,(H,99,100)(H,101,102)/b10-7-,11-8-,12-9-,19-16-,20-17-,21-18-,28-25-,29-26-,30-27-,37-34-,38-35-,39-36-,43-42-,47-44-,49-48-,54-51-. The Morgan fingerprint density at radius 1 is 0.252 bits per heavy atom. The van der Waals surface area contributed by atoms with E-state index < -0.39 is 91.5 Å². The summed E-state index contributed by atoms with van der Waals surface area (Å²) in [6.07, 6.45) is 110. The highest BCUT2D eigenvalue weighted by atomic mass is 31.2. The van der Waals surface area contributed by atoms with Crippen LogP contribution in [0.15, 0.2) is 194 Å². The van der Waals surface area contributed by atoms with Crippen LogP contribution in [0.1, 0.15) is 316 Å². The van der Waals surface area contributed by atoms with Crippen LogP contribution in [0.3, 0.4) is 0 Å². The Kier molecular flexibility index (Phi) is 79.6. The summed E-state index contributed by atoms with van der Waals surface area (Å²) < 4.78 is 61.4. The third-order valence-corrected chi connectivity index (χ3v) is 19.2. The highest BCUT2D eigenvalue weighted by molar-refractivity contribution is 7.47. The summed E-state index contributed by atoms with van der Waals surface area (Å²) in [5, 5.41) is 20.7. The van der Waals surface area contributed by atoms with Crippen LogP contribution in [-0.4, -0.2) is 95.9 Å². The predicted octanol–water partition coefficient (Wildman–Crippen LogP) is 25.9. The summed E-state index contributed by atoms with van der Waals surface area (Å²) in [6.45, 7) is 2.32. The van der Waals surface area contributed by atoms with E-state index >= 15 is 0 Å². The Bertz CT molecular complexity index is 2800. The molecule has 0 aliphatic carbocycles. The average molecular weight is 1590 g/mol. The molecule has 0 aliphatic heterocycles. The molecule has 0 bridgehead atoms. The SMILES string of the molecule is CC/C=C\C/C=C\C/C=C\C/C=C\C/C=C\C/C=C\CCCCCCCCCCC(=O)OCC(O)COP(=O)(O)OCC(O)COP(=O)(O)OCC(COC(=O)CCCCCCCCCCC/C=C\C/C=C\C/C=C\C/C=C\C/C=C\CC)OC(=O)CCCCCCCCC/C=C\C/C=C\C/C=C\C/C=C\C/C=C\CC. The fourth-order valence-corrected chi connectivity index (χ4v) is 12.5. The number of hydrogen-bond donors (Lipinski definition) is 4. The molecular formula is C93H152O16P2. The highest BCUT2D eigenvalue weighted by Crippen LogP contribution is 2.45. The highest BCUT2D eigenvalue weighted by Gasteiger charge is 2.29. The third kappa shape index (κ3) is 85.1. The number of aliphatic hydroxyl groups is 2. The zero-order chi connectivity index (χ0) is 80.8. The van der Waals surface area contributed by atoms with Gasteiger partial charge in [0.05, 0.1) is 26.4 Å². The minimum atomic E-state index is -4.95. The van der Waals surface area contributed by atoms with Crippen molar-refractivity contribution in [3.63, 3.8) is 0 Å². The van der Waals surface area contributed by atoms with Crippen LogP contribution in [0.2, 0.25) is 0 Å². The first-order valence-corrected chi connectivity index (χ1v) is 45.7. The fourth-order valence-electron chi connectivity index (χ4n) is 10.9. The van der Waals surface area contributed by atoms with Crippen molar-refractivity contribution in [1.29, 1.82) is 0 Å². The molecule has 5 unspecified atom stereocenters. The lowest BCUT2D eigenvalue weighted by atomic mass is 10.1. The molecule has 0 aromatic heterocycles. The van der Waals surface area contributed by atoms with Crippen molar-refractivity contribution in [1.82, 2.24) is 0 Å². The van der Waals surface area contributed by atoms with Crippen LogP contribution in [0.4, 0.5) is 0 Å². The van der Waals surface area contributed by atoms with Gasteiger partial charge < -0.3 is 34.2 Å². The number of esters is 3. The molecule has 0 radical (unpaired) electrons. The van der Waals surface area contributed by atoms with Crippen molar-refractivity contribution < 1.29 is 75.8 Å². The number of phosphoric acid groups is 2. The summed E-state index contributed by atoms with van der Waals surface area (Å²) in [5.41, 5.74) is 0. The molecule has 0 rings (SSSR count). The Balaban J connectivity index is 4.71. The van der Waals surface area contributed by atoms with E-state index in [-0.39, 0.29) is 19.3 Å². The lowest BCUT2D eigenvalue weighted by Gasteiger charge is -2.21. The van der Waals surface area contributed by atoms with Crippen molar-refractivity contribution in [2.75, 3.05) is 39.6 Å². The van der Waals surface area contributed by atoms with Crippen LogP contribution in [-0.2, 0) is 55.8 Å². The van der Waals surface area contributed by atoms with Gasteiger partial charge in [0.25, 0.3) is 0 Å². The van der Waals surface area contributed by atoms with Gasteiger partial charge in [-0.1, -0.05) is 331 Å². The summed E-state index contributed by atoms with van der Waals surface area (Å²) in [7, 11) is -9.82. The Hall–Kier alpha value is -5.61. The number of unbranched alkanes of at least 4 members (excludes halogenated alkanes) is 24. The maximum absolute atomic E-state index is 13.1. The van der Waals surface area contributed by atoms with Crippen molar-refractivity contribution in [3.8, 4) is 0 Å². The molecule has 4 N–H and O–H groups in total. The fraction of sp³-hybridized carbons (Fsp3) is 0.624. The molecule has 0 aliphatic rings. The van der Waals surface area contributed by atoms with E-state index in [9.17, 15) is 43.5 Å². The molecule has 0 fully saturated rings. The van der Waals surface area contributed by atoms with E-state index in [1.807, 2.05) is 0 Å². The first-order valence-electron chi connectivity index (χ1n) is 42.7. The normalized spacial score (nSPS) is 14.8. The largest absolute Gasteiger partial charge is 0.472 e. The minimum absolute atomic E-state index is 0.0826. The second-order valence-corrected chi connectivity index (χ2v) is 30.7. The van der Waals surface area contributed by atoms with E-state index in [1.165, 1.54) is 44.9 Å². The lowest BCUT2D eigenvalue weighted by Crippen LogP contribution is -2.30. The predicted molar refractivity (Wildman–Crippen MR) is 463 cm³/mol. The maximum Gasteiger partial charge on any atom is 0.472 e. The van der Waals surface area contributed by atoms with E-state index in [0.29, 0.717) is 19.3 Å². The molecule has 16 nitrogen and oxygen atoms in total. The molecule has 0 amide bonds. The molecule has 0 spiro atoms. The van der Waals surface area contributed by atoms with E-state index in [1.54, 1.807) is 0 Å². The van der Waals surface area contributed by atoms with Crippen LogP contribution in [0, 0.1) is 0 Å². The van der Waals surface area contributed by atoms with E-state index in [4.69, 9.17) is 32.3 Å². The zero-order valence-corrected chi connectivity index (χ0v) is 70.8. The maximum atomic E-state index is 13.1. The van der Waals surface area contributed by atoms with Crippen molar-refractivity contribution >= 4 is 33.6 Å². The van der Waals surface area contributed by atoms with Gasteiger partial charge in [0.1, 0.15) is 25.4 Å². The summed E-state index contributed by atoms with van der Waals surface area (Å²) >= 11 is 0. The van der Waals surface area contributed by atoms with E-state index in [0.717, 1.165) is 212 Å². The number of aliphatic hydroxyl groups excluding tert-OH is 2. The summed E-state index contributed by atoms with van der Waals surface area (Å²) in [5.74, 6) is -1.61. The number of rotatable bonds is 79. The van der Waals surface area contributed by atoms with Gasteiger partial charge in [0.2, 0.25) is 0 Å². The molecule has 0 saturated heterocycles. The first kappa shape index (κ1) is 105. The third-order valence-electron chi connectivity index (χ3n) is 17.3. The lowest BCUT2D eigenvalue weighted by molar-refractivity contribution is -0.161. The van der Waals surface area contributed by atoms with Crippen molar-refractivity contribution in [2.24, 2.45) is 0 Å². The zero-order valence-electron chi connectivity index (χ0n) is 69.1. The van der Waals surface area contributed by atoms with Gasteiger partial charge in [-0.2, -0.15) is 0 Å². The number of hydrogen-bond acceptors (Lipinski definition) is 14. The van der Waals surface area contributed by atoms with E-state index in [2.05, 4.69) is 215 Å². The molecule has 5 atom stereocenters. The second kappa shape index (κ2) is 83.8. The van der Waals surface area contributed by atoms with Crippen molar-refractivity contribution in [3.05, 3.63) is 194 Å². The van der Waals surface area contributed by atoms with Crippen LogP contribution in [0.25, 0.3) is 0 Å². The van der Waals surface area contributed by atoms with Gasteiger partial charge in [-0.15, -0.1) is 0 Å². The number of carbonyl (C=O) groups is 3.